The summed E-state index contributed by atoms with van der Waals surface area (Å²) in [5.74, 6) is -0.150. The summed E-state index contributed by atoms with van der Waals surface area (Å²) in [6.07, 6.45) is 7.37. The largest absolute Gasteiger partial charge is 0.506 e. The van der Waals surface area contributed by atoms with E-state index in [1.165, 1.54) is 38.2 Å². The number of alkyl halides is 2. The number of pyridine rings is 1. The van der Waals surface area contributed by atoms with Gasteiger partial charge in [0.15, 0.2) is 0 Å². The molecular weight excluding hydrogens is 604 g/mol. The number of phenols is 1. The van der Waals surface area contributed by atoms with Crippen LogP contribution < -0.4 is 10.6 Å². The van der Waals surface area contributed by atoms with Crippen LogP contribution in [0.4, 0.5) is 14.5 Å². The lowest BCUT2D eigenvalue weighted by molar-refractivity contribution is 0.0715. The standard InChI is InChI=1S/C36H41F2N5O4/c1-22(7-8-24-9-10-30(32(44)15-24)40-19-26-14-29(20-39-18-26)36(3,4)38)41-33(45)27-12-25(17-37)13-28(16-27)35(46)43-11-5-6-31(43)34-42-23(2)21-47-34/h9-10,12-16,18,20-22,31,40,44H,5-8,11,17,19H2,1-4H3,(H,41,45)/t22-,31+/m0/s1. The van der Waals surface area contributed by atoms with Gasteiger partial charge in [0.2, 0.25) is 5.89 Å². The summed E-state index contributed by atoms with van der Waals surface area (Å²) in [5.41, 5.74) is 2.62. The van der Waals surface area contributed by atoms with Gasteiger partial charge in [-0.15, -0.1) is 0 Å². The first-order valence-electron chi connectivity index (χ1n) is 15.8. The molecule has 0 bridgehead atoms. The average Bonchev–Trinajstić information content (AvgIpc) is 3.71. The monoisotopic (exact) mass is 645 g/mol. The number of carbonyl (C=O) groups excluding carboxylic acids is 2. The molecule has 0 radical (unpaired) electrons. The van der Waals surface area contributed by atoms with Gasteiger partial charge in [0.1, 0.15) is 30.4 Å². The van der Waals surface area contributed by atoms with Crippen molar-refractivity contribution < 1.29 is 27.9 Å². The maximum atomic E-state index is 14.3. The van der Waals surface area contributed by atoms with Crippen LogP contribution in [0.3, 0.4) is 0 Å². The van der Waals surface area contributed by atoms with Crippen molar-refractivity contribution in [2.45, 2.75) is 84.4 Å². The lowest BCUT2D eigenvalue weighted by Gasteiger charge is -2.23. The average molecular weight is 646 g/mol. The molecule has 1 fully saturated rings. The number of nitrogens with one attached hydrogen (secondary N) is 2. The van der Waals surface area contributed by atoms with E-state index in [0.29, 0.717) is 49.5 Å². The third-order valence-electron chi connectivity index (χ3n) is 8.36. The molecule has 0 spiro atoms. The lowest BCUT2D eigenvalue weighted by atomic mass is 10.0. The molecule has 1 saturated heterocycles. The molecule has 2 atom stereocenters. The molecule has 2 aromatic heterocycles. The number of nitrogens with zero attached hydrogens (tertiary/aromatic N) is 3. The fourth-order valence-electron chi connectivity index (χ4n) is 5.73. The third-order valence-corrected chi connectivity index (χ3v) is 8.36. The van der Waals surface area contributed by atoms with E-state index in [9.17, 15) is 23.5 Å². The van der Waals surface area contributed by atoms with Crippen LogP contribution in [0.1, 0.15) is 101 Å². The highest BCUT2D eigenvalue weighted by molar-refractivity contribution is 6.00. The number of aromatic hydroxyl groups is 1. The van der Waals surface area contributed by atoms with Crippen molar-refractivity contribution in [3.8, 4) is 5.75 Å². The molecule has 2 amide bonds. The first kappa shape index (κ1) is 33.6. The van der Waals surface area contributed by atoms with Gasteiger partial charge in [0.05, 0.1) is 11.4 Å². The molecular formula is C36H41F2N5O4. The van der Waals surface area contributed by atoms with Gasteiger partial charge >= 0.3 is 0 Å². The van der Waals surface area contributed by atoms with Crippen molar-refractivity contribution in [2.24, 2.45) is 0 Å². The minimum absolute atomic E-state index is 0.0764. The zero-order chi connectivity index (χ0) is 33.7. The number of anilines is 1. The van der Waals surface area contributed by atoms with E-state index in [2.05, 4.69) is 20.6 Å². The Morgan fingerprint density at radius 1 is 1.11 bits per heavy atom. The zero-order valence-electron chi connectivity index (χ0n) is 27.1. The Balaban J connectivity index is 1.17. The number of aryl methyl sites for hydroxylation is 2. The molecule has 5 rings (SSSR count). The highest BCUT2D eigenvalue weighted by Crippen LogP contribution is 2.33. The highest BCUT2D eigenvalue weighted by atomic mass is 19.1. The van der Waals surface area contributed by atoms with Gasteiger partial charge in [-0.05, 0) is 106 Å². The Bertz CT molecular complexity index is 1730. The minimum Gasteiger partial charge on any atom is -0.506 e. The second kappa shape index (κ2) is 14.3. The quantitative estimate of drug-likeness (QED) is 0.141. The van der Waals surface area contributed by atoms with Crippen molar-refractivity contribution in [3.63, 3.8) is 0 Å². The van der Waals surface area contributed by atoms with Gasteiger partial charge in [-0.3, -0.25) is 14.6 Å². The van der Waals surface area contributed by atoms with Crippen LogP contribution in [0.25, 0.3) is 0 Å². The van der Waals surface area contributed by atoms with E-state index in [1.54, 1.807) is 35.6 Å². The van der Waals surface area contributed by atoms with E-state index in [-0.39, 0.29) is 40.4 Å². The van der Waals surface area contributed by atoms with Gasteiger partial charge < -0.3 is 25.1 Å². The fraction of sp³-hybridized carbons (Fsp3) is 0.389. The van der Waals surface area contributed by atoms with Crippen molar-refractivity contribution >= 4 is 17.5 Å². The molecule has 9 nitrogen and oxygen atoms in total. The van der Waals surface area contributed by atoms with E-state index < -0.39 is 18.3 Å². The summed E-state index contributed by atoms with van der Waals surface area (Å²) in [6.45, 7) is 6.71. The second-order valence-corrected chi connectivity index (χ2v) is 12.7. The first-order valence-corrected chi connectivity index (χ1v) is 15.8. The van der Waals surface area contributed by atoms with Gasteiger partial charge in [-0.1, -0.05) is 6.07 Å². The molecule has 47 heavy (non-hydrogen) atoms. The predicted molar refractivity (Wildman–Crippen MR) is 175 cm³/mol. The third kappa shape index (κ3) is 8.33. The normalized spacial score (nSPS) is 15.4. The van der Waals surface area contributed by atoms with Crippen LogP contribution >= 0.6 is 0 Å². The molecule has 11 heteroatoms. The summed E-state index contributed by atoms with van der Waals surface area (Å²) in [7, 11) is 0. The van der Waals surface area contributed by atoms with Crippen molar-refractivity contribution in [2.75, 3.05) is 11.9 Å². The van der Waals surface area contributed by atoms with E-state index >= 15 is 0 Å². The lowest BCUT2D eigenvalue weighted by Crippen LogP contribution is -2.34. The summed E-state index contributed by atoms with van der Waals surface area (Å²) >= 11 is 0. The van der Waals surface area contributed by atoms with Gasteiger partial charge in [0.25, 0.3) is 11.8 Å². The number of amides is 2. The smallest absolute Gasteiger partial charge is 0.254 e. The molecule has 3 heterocycles. The summed E-state index contributed by atoms with van der Waals surface area (Å²) < 4.78 is 33.7. The SMILES string of the molecule is Cc1coc([C@H]2CCCN2C(=O)c2cc(CF)cc(C(=O)N[C@@H](C)CCc3ccc(NCc4cncc(C(C)(C)F)c4)c(O)c3)c2)n1. The number of benzene rings is 2. The van der Waals surface area contributed by atoms with Crippen LogP contribution in [0.2, 0.25) is 0 Å². The van der Waals surface area contributed by atoms with Crippen LogP contribution in [0, 0.1) is 6.92 Å². The predicted octanol–water partition coefficient (Wildman–Crippen LogP) is 7.10. The van der Waals surface area contributed by atoms with Gasteiger partial charge in [-0.2, -0.15) is 0 Å². The summed E-state index contributed by atoms with van der Waals surface area (Å²) in [4.78, 5) is 36.9. The molecule has 1 aliphatic heterocycles. The fourth-order valence-corrected chi connectivity index (χ4v) is 5.73. The van der Waals surface area contributed by atoms with Crippen LogP contribution in [-0.4, -0.2) is 44.4 Å². The van der Waals surface area contributed by atoms with E-state index in [1.807, 2.05) is 19.9 Å². The molecule has 2 aromatic carbocycles. The number of phenolic OH excluding ortho intramolecular Hbond substituents is 1. The number of halogens is 2. The Hall–Kier alpha value is -4.80. The summed E-state index contributed by atoms with van der Waals surface area (Å²) in [6, 6.07) is 11.0. The van der Waals surface area contributed by atoms with Gasteiger partial charge in [0, 0.05) is 48.2 Å². The Kier molecular flexibility index (Phi) is 10.2. The maximum Gasteiger partial charge on any atom is 0.254 e. The summed E-state index contributed by atoms with van der Waals surface area (Å²) in [5, 5.41) is 16.7. The van der Waals surface area contributed by atoms with E-state index in [0.717, 1.165) is 23.2 Å². The number of hydrogen-bond acceptors (Lipinski definition) is 7. The second-order valence-electron chi connectivity index (χ2n) is 12.7. The molecule has 248 valence electrons. The minimum atomic E-state index is -1.50. The Morgan fingerprint density at radius 2 is 1.89 bits per heavy atom. The number of oxazole rings is 1. The molecule has 0 unspecified atom stereocenters. The van der Waals surface area contributed by atoms with Gasteiger partial charge in [-0.25, -0.2) is 13.8 Å². The number of likely N-dealkylation sites (tertiary alicyclic amines) is 1. The van der Waals surface area contributed by atoms with E-state index in [4.69, 9.17) is 4.42 Å². The van der Waals surface area contributed by atoms with Crippen molar-refractivity contribution in [1.29, 1.82) is 0 Å². The Labute approximate surface area is 273 Å². The maximum absolute atomic E-state index is 14.3. The number of rotatable bonds is 12. The molecule has 1 aliphatic rings. The Morgan fingerprint density at radius 3 is 2.60 bits per heavy atom. The van der Waals surface area contributed by atoms with Crippen LogP contribution in [0.5, 0.6) is 5.75 Å². The van der Waals surface area contributed by atoms with Crippen molar-refractivity contribution in [3.05, 3.63) is 106 Å². The molecule has 0 aliphatic carbocycles. The highest BCUT2D eigenvalue weighted by Gasteiger charge is 2.34. The zero-order valence-corrected chi connectivity index (χ0v) is 27.1. The first-order chi connectivity index (χ1) is 22.4. The number of hydrogen-bond donors (Lipinski definition) is 3. The number of aromatic nitrogens is 2. The molecule has 4 aromatic rings. The molecule has 3 N–H and O–H groups in total. The molecule has 0 saturated carbocycles. The van der Waals surface area contributed by atoms with Crippen LogP contribution in [-0.2, 0) is 25.3 Å². The van der Waals surface area contributed by atoms with Crippen LogP contribution in [0.15, 0.2) is 65.5 Å². The van der Waals surface area contributed by atoms with Crippen molar-refractivity contribution in [1.82, 2.24) is 20.2 Å². The number of carbonyl (C=O) groups is 2. The topological polar surface area (TPSA) is 121 Å².